The van der Waals surface area contributed by atoms with Crippen molar-refractivity contribution >= 4 is 17.8 Å². The summed E-state index contributed by atoms with van der Waals surface area (Å²) >= 11 is 0. The maximum Gasteiger partial charge on any atom is 0.308 e. The molecule has 1 aromatic carbocycles. The second-order valence-corrected chi connectivity index (χ2v) is 13.2. The minimum absolute atomic E-state index is 0.0361. The van der Waals surface area contributed by atoms with Gasteiger partial charge in [-0.05, 0) is 49.8 Å². The fourth-order valence-corrected chi connectivity index (χ4v) is 6.66. The van der Waals surface area contributed by atoms with Gasteiger partial charge in [0.2, 0.25) is 24.4 Å². The third-order valence-electron chi connectivity index (χ3n) is 8.99. The number of benzene rings is 1. The van der Waals surface area contributed by atoms with Crippen molar-refractivity contribution in [1.29, 1.82) is 0 Å². The van der Waals surface area contributed by atoms with Crippen LogP contribution >= 0.6 is 0 Å². The number of carbonyl (C=O) groups is 3. The third-order valence-corrected chi connectivity index (χ3v) is 8.99. The van der Waals surface area contributed by atoms with Gasteiger partial charge in [-0.3, -0.25) is 19.3 Å². The van der Waals surface area contributed by atoms with Crippen molar-refractivity contribution in [2.24, 2.45) is 5.92 Å². The van der Waals surface area contributed by atoms with Crippen LogP contribution in [0.1, 0.15) is 63.4 Å². The van der Waals surface area contributed by atoms with Crippen molar-refractivity contribution in [2.75, 3.05) is 80.9 Å². The molecule has 3 aliphatic rings. The third kappa shape index (κ3) is 8.32. The molecule has 0 aromatic heterocycles. The molecule has 1 N–H and O–H groups in total. The lowest BCUT2D eigenvalue weighted by Crippen LogP contribution is -2.46. The summed E-state index contributed by atoms with van der Waals surface area (Å²) in [5, 5.41) is 10.6. The van der Waals surface area contributed by atoms with Gasteiger partial charge >= 0.3 is 5.97 Å². The molecular weight excluding hydrogens is 552 g/mol. The lowest BCUT2D eigenvalue weighted by atomic mass is 9.84. The number of carboxylic acid groups (broad SMARTS) is 1. The molecule has 4 rings (SSSR count). The molecule has 2 amide bonds. The van der Waals surface area contributed by atoms with Gasteiger partial charge in [-0.15, -0.1) is 0 Å². The lowest BCUT2D eigenvalue weighted by Gasteiger charge is -2.31. The molecule has 240 valence electrons. The molecule has 2 saturated heterocycles. The summed E-state index contributed by atoms with van der Waals surface area (Å²) in [5.74, 6) is -0.347. The van der Waals surface area contributed by atoms with E-state index >= 15 is 0 Å². The number of carbonyl (C=O) groups excluding carboxylic acids is 2. The molecule has 3 atom stereocenters. The Morgan fingerprint density at radius 2 is 1.91 bits per heavy atom. The Bertz CT molecular complexity index is 1140. The minimum atomic E-state index is -0.905. The highest BCUT2D eigenvalue weighted by Crippen LogP contribution is 2.47. The number of unbranched alkanes of at least 4 members (excludes halogenated alkanes) is 2. The quantitative estimate of drug-likeness (QED) is 0.227. The van der Waals surface area contributed by atoms with Crippen LogP contribution in [0, 0.1) is 5.92 Å². The SMILES string of the molecule is CCCCN(CCCC[N+](C)(C)C)C(=O)CN1C[C@H](c2cc(OC)c3c(c2)OCO3)C(C(=O)O)[C@@H]1CCN1CCCC1=O. The summed E-state index contributed by atoms with van der Waals surface area (Å²) in [6.45, 7) is 6.39. The monoisotopic (exact) mass is 603 g/mol. The van der Waals surface area contributed by atoms with Crippen molar-refractivity contribution in [3.8, 4) is 17.2 Å². The molecule has 0 saturated carbocycles. The standard InChI is InChI=1S/C32H50N4O7/c1-6-7-13-33(14-8-9-17-36(2,3)4)29(38)21-35-20-24(23-18-26(41-5)31-27(19-23)42-22-43-31)30(32(39)40)25(35)12-16-34-15-10-11-28(34)37/h18-19,24-25,30H,6-17,20-22H2,1-5H3/p+1/t24-,25+,30?/m1/s1. The van der Waals surface area contributed by atoms with Crippen LogP contribution in [-0.4, -0.2) is 129 Å². The van der Waals surface area contributed by atoms with E-state index in [0.29, 0.717) is 62.8 Å². The average Bonchev–Trinajstić information content (AvgIpc) is 3.68. The summed E-state index contributed by atoms with van der Waals surface area (Å²) in [4.78, 5) is 45.0. The Kier molecular flexibility index (Phi) is 11.2. The molecule has 3 aliphatic heterocycles. The highest BCUT2D eigenvalue weighted by Gasteiger charge is 2.48. The van der Waals surface area contributed by atoms with Gasteiger partial charge in [-0.1, -0.05) is 13.3 Å². The topological polar surface area (TPSA) is 109 Å². The van der Waals surface area contributed by atoms with E-state index < -0.39 is 17.9 Å². The fraction of sp³-hybridized carbons (Fsp3) is 0.719. The molecular formula is C32H51N4O7+. The predicted octanol–water partition coefficient (Wildman–Crippen LogP) is 3.02. The number of carboxylic acids is 1. The molecule has 0 bridgehead atoms. The van der Waals surface area contributed by atoms with Gasteiger partial charge in [0.05, 0.1) is 47.3 Å². The van der Waals surface area contributed by atoms with Crippen LogP contribution in [0.5, 0.6) is 17.2 Å². The number of methoxy groups -OCH3 is 1. The minimum Gasteiger partial charge on any atom is -0.493 e. The van der Waals surface area contributed by atoms with Crippen molar-refractivity contribution < 1.29 is 38.2 Å². The predicted molar refractivity (Wildman–Crippen MR) is 162 cm³/mol. The lowest BCUT2D eigenvalue weighted by molar-refractivity contribution is -0.870. The van der Waals surface area contributed by atoms with E-state index in [1.807, 2.05) is 26.8 Å². The molecule has 2 fully saturated rings. The second-order valence-electron chi connectivity index (χ2n) is 13.2. The van der Waals surface area contributed by atoms with Gasteiger partial charge in [0, 0.05) is 51.1 Å². The molecule has 3 heterocycles. The first-order chi connectivity index (χ1) is 20.5. The van der Waals surface area contributed by atoms with E-state index in [9.17, 15) is 19.5 Å². The van der Waals surface area contributed by atoms with Crippen LogP contribution in [0.3, 0.4) is 0 Å². The van der Waals surface area contributed by atoms with E-state index in [4.69, 9.17) is 14.2 Å². The highest BCUT2D eigenvalue weighted by molar-refractivity contribution is 5.79. The fourth-order valence-electron chi connectivity index (χ4n) is 6.66. The number of amides is 2. The van der Waals surface area contributed by atoms with E-state index in [-0.39, 0.29) is 31.1 Å². The number of likely N-dealkylation sites (tertiary alicyclic amines) is 2. The molecule has 11 heteroatoms. The average molecular weight is 604 g/mol. The van der Waals surface area contributed by atoms with Crippen LogP contribution in [-0.2, 0) is 14.4 Å². The second kappa shape index (κ2) is 14.6. The first-order valence-corrected chi connectivity index (χ1v) is 15.8. The van der Waals surface area contributed by atoms with Crippen LogP contribution in [0.4, 0.5) is 0 Å². The highest BCUT2D eigenvalue weighted by atomic mass is 16.7. The Balaban J connectivity index is 1.57. The van der Waals surface area contributed by atoms with E-state index in [2.05, 4.69) is 28.1 Å². The molecule has 0 spiro atoms. The number of fused-ring (bicyclic) bond motifs is 1. The number of aliphatic carboxylic acids is 1. The van der Waals surface area contributed by atoms with Crippen LogP contribution < -0.4 is 14.2 Å². The number of quaternary nitrogens is 1. The van der Waals surface area contributed by atoms with Crippen molar-refractivity contribution in [3.05, 3.63) is 17.7 Å². The van der Waals surface area contributed by atoms with Crippen molar-refractivity contribution in [3.63, 3.8) is 0 Å². The molecule has 0 aliphatic carbocycles. The Labute approximate surface area is 256 Å². The van der Waals surface area contributed by atoms with Crippen molar-refractivity contribution in [1.82, 2.24) is 14.7 Å². The van der Waals surface area contributed by atoms with E-state index in [1.54, 1.807) is 7.11 Å². The molecule has 0 radical (unpaired) electrons. The molecule has 1 unspecified atom stereocenters. The van der Waals surface area contributed by atoms with Gasteiger partial charge in [0.25, 0.3) is 0 Å². The summed E-state index contributed by atoms with van der Waals surface area (Å²) in [7, 11) is 8.08. The van der Waals surface area contributed by atoms with E-state index in [0.717, 1.165) is 48.7 Å². The number of ether oxygens (including phenoxy) is 3. The van der Waals surface area contributed by atoms with Gasteiger partial charge in [-0.25, -0.2) is 0 Å². The number of rotatable bonds is 16. The van der Waals surface area contributed by atoms with Crippen LogP contribution in [0.2, 0.25) is 0 Å². The Morgan fingerprint density at radius 3 is 2.56 bits per heavy atom. The van der Waals surface area contributed by atoms with Crippen LogP contribution in [0.25, 0.3) is 0 Å². The first kappa shape index (κ1) is 32.9. The number of nitrogens with zero attached hydrogens (tertiary/aromatic N) is 4. The van der Waals surface area contributed by atoms with Crippen molar-refractivity contribution in [2.45, 2.75) is 63.8 Å². The first-order valence-electron chi connectivity index (χ1n) is 15.8. The maximum absolute atomic E-state index is 13.8. The molecule has 43 heavy (non-hydrogen) atoms. The Hall–Kier alpha value is -3.05. The molecule has 11 nitrogen and oxygen atoms in total. The van der Waals surface area contributed by atoms with Gasteiger partial charge in [0.1, 0.15) is 0 Å². The summed E-state index contributed by atoms with van der Waals surface area (Å²) in [6.07, 6.45) is 5.75. The van der Waals surface area contributed by atoms with Gasteiger partial charge in [-0.2, -0.15) is 0 Å². The summed E-state index contributed by atoms with van der Waals surface area (Å²) in [6, 6.07) is 3.28. The van der Waals surface area contributed by atoms with E-state index in [1.165, 1.54) is 0 Å². The number of hydrogen-bond donors (Lipinski definition) is 1. The normalized spacial score (nSPS) is 21.9. The Morgan fingerprint density at radius 1 is 1.14 bits per heavy atom. The number of hydrogen-bond acceptors (Lipinski definition) is 7. The van der Waals surface area contributed by atoms with Gasteiger partial charge < -0.3 is 33.6 Å². The van der Waals surface area contributed by atoms with Crippen LogP contribution in [0.15, 0.2) is 12.1 Å². The zero-order valence-corrected chi connectivity index (χ0v) is 26.7. The van der Waals surface area contributed by atoms with Gasteiger partial charge in [0.15, 0.2) is 11.5 Å². The summed E-state index contributed by atoms with van der Waals surface area (Å²) in [5.41, 5.74) is 0.786. The summed E-state index contributed by atoms with van der Waals surface area (Å²) < 4.78 is 17.7. The maximum atomic E-state index is 13.8. The zero-order chi connectivity index (χ0) is 31.1. The largest absolute Gasteiger partial charge is 0.493 e. The smallest absolute Gasteiger partial charge is 0.308 e. The molecule has 1 aromatic rings. The zero-order valence-electron chi connectivity index (χ0n) is 26.7.